The second-order valence-electron chi connectivity index (χ2n) is 6.03. The molecule has 138 valence electrons. The highest BCUT2D eigenvalue weighted by atomic mass is 32.2. The Morgan fingerprint density at radius 3 is 3.00 bits per heavy atom. The molecule has 1 N–H and O–H groups in total. The summed E-state index contributed by atoms with van der Waals surface area (Å²) < 4.78 is 5.27. The minimum absolute atomic E-state index is 0.00981. The Balaban J connectivity index is 1.44. The molecule has 1 saturated heterocycles. The van der Waals surface area contributed by atoms with E-state index < -0.39 is 0 Å². The van der Waals surface area contributed by atoms with Crippen molar-refractivity contribution in [1.29, 1.82) is 0 Å². The van der Waals surface area contributed by atoms with Gasteiger partial charge in [0.1, 0.15) is 5.76 Å². The number of furan rings is 1. The quantitative estimate of drug-likeness (QED) is 0.553. The SMILES string of the molecule is CSc1cccc(N2C[C@@H](C(=O)NCCSCc3ccco3)CC2=O)c1. The van der Waals surface area contributed by atoms with E-state index in [2.05, 4.69) is 5.32 Å². The number of carbonyl (C=O) groups excluding carboxylic acids is 2. The highest BCUT2D eigenvalue weighted by Gasteiger charge is 2.34. The van der Waals surface area contributed by atoms with Crippen LogP contribution in [0.1, 0.15) is 12.2 Å². The number of nitrogens with one attached hydrogen (secondary N) is 1. The number of hydrogen-bond acceptors (Lipinski definition) is 5. The average molecular weight is 391 g/mol. The fraction of sp³-hybridized carbons (Fsp3) is 0.368. The standard InChI is InChI=1S/C19H22N2O3S2/c1-25-17-6-2-4-15(11-17)21-12-14(10-18(21)22)19(23)20-7-9-26-13-16-5-3-8-24-16/h2-6,8,11,14H,7,9-10,12-13H2,1H3,(H,20,23)/t14-/m0/s1. The van der Waals surface area contributed by atoms with Gasteiger partial charge >= 0.3 is 0 Å². The van der Waals surface area contributed by atoms with Crippen LogP contribution in [0.2, 0.25) is 0 Å². The molecular weight excluding hydrogens is 368 g/mol. The van der Waals surface area contributed by atoms with Crippen molar-refractivity contribution < 1.29 is 14.0 Å². The maximum Gasteiger partial charge on any atom is 0.227 e. The molecule has 2 amide bonds. The van der Waals surface area contributed by atoms with Gasteiger partial charge in [0, 0.05) is 35.8 Å². The van der Waals surface area contributed by atoms with E-state index in [0.717, 1.165) is 27.8 Å². The molecule has 1 aromatic heterocycles. The first-order valence-corrected chi connectivity index (χ1v) is 10.9. The minimum Gasteiger partial charge on any atom is -0.468 e. The molecule has 3 rings (SSSR count). The monoisotopic (exact) mass is 390 g/mol. The van der Waals surface area contributed by atoms with Crippen LogP contribution in [0.15, 0.2) is 52.0 Å². The van der Waals surface area contributed by atoms with Gasteiger partial charge < -0.3 is 14.6 Å². The van der Waals surface area contributed by atoms with Crippen molar-refractivity contribution in [3.63, 3.8) is 0 Å². The van der Waals surface area contributed by atoms with E-state index in [-0.39, 0.29) is 24.2 Å². The van der Waals surface area contributed by atoms with Crippen molar-refractivity contribution in [2.45, 2.75) is 17.1 Å². The van der Waals surface area contributed by atoms with Gasteiger partial charge in [0.25, 0.3) is 0 Å². The summed E-state index contributed by atoms with van der Waals surface area (Å²) in [7, 11) is 0. The average Bonchev–Trinajstić information content (AvgIpc) is 3.31. The van der Waals surface area contributed by atoms with Crippen molar-refractivity contribution >= 4 is 41.0 Å². The molecule has 7 heteroatoms. The van der Waals surface area contributed by atoms with Crippen molar-refractivity contribution in [3.8, 4) is 0 Å². The summed E-state index contributed by atoms with van der Waals surface area (Å²) >= 11 is 3.35. The first-order valence-electron chi connectivity index (χ1n) is 8.49. The molecule has 0 saturated carbocycles. The Morgan fingerprint density at radius 2 is 2.23 bits per heavy atom. The molecule has 1 aromatic carbocycles. The number of anilines is 1. The second kappa shape index (κ2) is 9.19. The second-order valence-corrected chi connectivity index (χ2v) is 8.01. The summed E-state index contributed by atoms with van der Waals surface area (Å²) in [6.45, 7) is 1.04. The molecule has 0 bridgehead atoms. The van der Waals surface area contributed by atoms with Gasteiger partial charge in [-0.1, -0.05) is 6.07 Å². The van der Waals surface area contributed by atoms with Gasteiger partial charge in [-0.15, -0.1) is 11.8 Å². The van der Waals surface area contributed by atoms with Gasteiger partial charge in [0.05, 0.1) is 17.9 Å². The smallest absolute Gasteiger partial charge is 0.227 e. The Hall–Kier alpha value is -1.86. The summed E-state index contributed by atoms with van der Waals surface area (Å²) in [5.41, 5.74) is 0.867. The molecule has 26 heavy (non-hydrogen) atoms. The third-order valence-corrected chi connectivity index (χ3v) is 5.94. The largest absolute Gasteiger partial charge is 0.468 e. The third kappa shape index (κ3) is 4.86. The lowest BCUT2D eigenvalue weighted by molar-refractivity contribution is -0.126. The van der Waals surface area contributed by atoms with Crippen LogP contribution < -0.4 is 10.2 Å². The molecule has 0 unspecified atom stereocenters. The summed E-state index contributed by atoms with van der Waals surface area (Å²) in [4.78, 5) is 27.5. The van der Waals surface area contributed by atoms with Crippen molar-refractivity contribution in [2.24, 2.45) is 5.92 Å². The van der Waals surface area contributed by atoms with Crippen LogP contribution in [0.5, 0.6) is 0 Å². The third-order valence-electron chi connectivity index (χ3n) is 4.23. The molecule has 5 nitrogen and oxygen atoms in total. The molecule has 1 aliphatic heterocycles. The summed E-state index contributed by atoms with van der Waals surface area (Å²) in [5.74, 6) is 2.23. The Kier molecular flexibility index (Phi) is 6.68. The predicted octanol–water partition coefficient (Wildman–Crippen LogP) is 3.40. The number of thioether (sulfide) groups is 2. The summed E-state index contributed by atoms with van der Waals surface area (Å²) in [6.07, 6.45) is 3.94. The topological polar surface area (TPSA) is 62.6 Å². The Morgan fingerprint density at radius 1 is 1.35 bits per heavy atom. The van der Waals surface area contributed by atoms with Crippen molar-refractivity contribution in [2.75, 3.05) is 30.0 Å². The summed E-state index contributed by atoms with van der Waals surface area (Å²) in [5, 5.41) is 2.95. The first-order chi connectivity index (χ1) is 12.7. The van der Waals surface area contributed by atoms with Crippen LogP contribution in [-0.2, 0) is 15.3 Å². The van der Waals surface area contributed by atoms with Crippen LogP contribution in [0, 0.1) is 5.92 Å². The van der Waals surface area contributed by atoms with Crippen LogP contribution in [0.3, 0.4) is 0 Å². The highest BCUT2D eigenvalue weighted by Crippen LogP contribution is 2.28. The Labute approximate surface area is 161 Å². The lowest BCUT2D eigenvalue weighted by Gasteiger charge is -2.17. The van der Waals surface area contributed by atoms with Gasteiger partial charge in [-0.2, -0.15) is 11.8 Å². The number of carbonyl (C=O) groups is 2. The van der Waals surface area contributed by atoms with Gasteiger partial charge in [-0.25, -0.2) is 0 Å². The fourth-order valence-electron chi connectivity index (χ4n) is 2.87. The number of hydrogen-bond donors (Lipinski definition) is 1. The van der Waals surface area contributed by atoms with E-state index in [0.29, 0.717) is 13.1 Å². The highest BCUT2D eigenvalue weighted by molar-refractivity contribution is 7.98. The van der Waals surface area contributed by atoms with E-state index in [1.54, 1.807) is 34.7 Å². The lowest BCUT2D eigenvalue weighted by atomic mass is 10.1. The normalized spacial score (nSPS) is 16.9. The van der Waals surface area contributed by atoms with Crippen molar-refractivity contribution in [3.05, 3.63) is 48.4 Å². The van der Waals surface area contributed by atoms with Gasteiger partial charge in [0.15, 0.2) is 0 Å². The number of amides is 2. The van der Waals surface area contributed by atoms with Gasteiger partial charge in [0.2, 0.25) is 11.8 Å². The molecule has 1 fully saturated rings. The molecule has 2 aromatic rings. The molecule has 1 aliphatic rings. The van der Waals surface area contributed by atoms with Gasteiger partial charge in [-0.3, -0.25) is 9.59 Å². The van der Waals surface area contributed by atoms with E-state index in [9.17, 15) is 9.59 Å². The molecular formula is C19H22N2O3S2. The van der Waals surface area contributed by atoms with Gasteiger partial charge in [-0.05, 0) is 36.6 Å². The van der Waals surface area contributed by atoms with E-state index >= 15 is 0 Å². The maximum atomic E-state index is 12.4. The molecule has 0 radical (unpaired) electrons. The number of rotatable bonds is 8. The number of benzene rings is 1. The minimum atomic E-state index is -0.282. The molecule has 1 atom stereocenters. The number of nitrogens with zero attached hydrogens (tertiary/aromatic N) is 1. The zero-order chi connectivity index (χ0) is 18.4. The van der Waals surface area contributed by atoms with Crippen LogP contribution in [0.25, 0.3) is 0 Å². The maximum absolute atomic E-state index is 12.4. The summed E-state index contributed by atoms with van der Waals surface area (Å²) in [6, 6.07) is 11.7. The fourth-order valence-corrected chi connectivity index (χ4v) is 4.08. The van der Waals surface area contributed by atoms with Crippen LogP contribution in [-0.4, -0.2) is 36.9 Å². The molecule has 2 heterocycles. The Bertz CT molecular complexity index is 749. The van der Waals surface area contributed by atoms with Crippen LogP contribution >= 0.6 is 23.5 Å². The van der Waals surface area contributed by atoms with E-state index in [4.69, 9.17) is 4.42 Å². The zero-order valence-corrected chi connectivity index (χ0v) is 16.3. The molecule has 0 spiro atoms. The van der Waals surface area contributed by atoms with Crippen LogP contribution in [0.4, 0.5) is 5.69 Å². The van der Waals surface area contributed by atoms with E-state index in [1.807, 2.05) is 42.7 Å². The van der Waals surface area contributed by atoms with Crippen molar-refractivity contribution in [1.82, 2.24) is 5.32 Å². The van der Waals surface area contributed by atoms with E-state index in [1.165, 1.54) is 0 Å². The lowest BCUT2D eigenvalue weighted by Crippen LogP contribution is -2.34. The zero-order valence-electron chi connectivity index (χ0n) is 14.6. The predicted molar refractivity (Wildman–Crippen MR) is 107 cm³/mol. The molecule has 0 aliphatic carbocycles. The first kappa shape index (κ1) is 18.9.